The van der Waals surface area contributed by atoms with E-state index in [1.807, 2.05) is 0 Å². The first-order chi connectivity index (χ1) is 25.7. The first-order valence-electron chi connectivity index (χ1n) is 16.4. The molecular formula is C36H37O18+. The molecule has 10 atom stereocenters. The number of aromatic hydroxyl groups is 4. The number of hydrogen-bond acceptors (Lipinski definition) is 17. The second kappa shape index (κ2) is 16.0. The molecule has 4 aromatic rings. The fourth-order valence-electron chi connectivity index (χ4n) is 5.75. The van der Waals surface area contributed by atoms with Crippen LogP contribution in [0.1, 0.15) is 5.56 Å². The van der Waals surface area contributed by atoms with E-state index in [0.29, 0.717) is 5.56 Å². The van der Waals surface area contributed by atoms with Crippen LogP contribution in [0.2, 0.25) is 0 Å². The van der Waals surface area contributed by atoms with E-state index in [-0.39, 0.29) is 39.5 Å². The van der Waals surface area contributed by atoms with Crippen LogP contribution in [0.3, 0.4) is 0 Å². The van der Waals surface area contributed by atoms with Crippen molar-refractivity contribution in [2.24, 2.45) is 0 Å². The number of esters is 1. The van der Waals surface area contributed by atoms with Gasteiger partial charge < -0.3 is 79.9 Å². The second-order valence-corrected chi connectivity index (χ2v) is 12.5. The molecular weight excluding hydrogens is 720 g/mol. The molecule has 1 aromatic heterocycles. The molecule has 11 N–H and O–H groups in total. The lowest BCUT2D eigenvalue weighted by Crippen LogP contribution is -2.60. The van der Waals surface area contributed by atoms with Gasteiger partial charge in [0.2, 0.25) is 18.3 Å². The fraction of sp³-hybridized carbons (Fsp3) is 0.333. The van der Waals surface area contributed by atoms with E-state index in [1.54, 1.807) is 12.1 Å². The topological polar surface area (TPSA) is 297 Å². The average Bonchev–Trinajstić information content (AvgIpc) is 3.15. The van der Waals surface area contributed by atoms with E-state index in [1.165, 1.54) is 30.3 Å². The molecule has 288 valence electrons. The number of phenols is 4. The van der Waals surface area contributed by atoms with Crippen molar-refractivity contribution >= 4 is 23.0 Å². The van der Waals surface area contributed by atoms with E-state index in [2.05, 4.69) is 0 Å². The smallest absolute Gasteiger partial charge is 0.402 e. The molecule has 0 amide bonds. The van der Waals surface area contributed by atoms with Gasteiger partial charge in [-0.2, -0.15) is 0 Å². The zero-order valence-electron chi connectivity index (χ0n) is 27.9. The Labute approximate surface area is 304 Å². The fourth-order valence-corrected chi connectivity index (χ4v) is 5.75. The Kier molecular flexibility index (Phi) is 11.4. The standard InChI is InChI=1S/C36H36O18/c37-13-25-28(43)30(45)32(47)36(53-25)52-24-12-19-22(50-34(24)16-4-7-20(40)21(41)9-16)10-18(39)11-23(19)51-35-33(48)31(46)29(44)26(54-35)14-49-27(42)8-3-15-1-5-17(38)6-2-15/h1-12,25-26,28-33,35-37,43-48H,13-14H2,(H3-,38,39,40,41,42)/p+1/t25-,26-,28-,29-,30+,31+,32-,33-,35-,36-/m1/s1. The number of rotatable bonds is 10. The van der Waals surface area contributed by atoms with Gasteiger partial charge in [0, 0.05) is 24.3 Å². The lowest BCUT2D eigenvalue weighted by Gasteiger charge is -2.40. The Morgan fingerprint density at radius 2 is 1.31 bits per heavy atom. The highest BCUT2D eigenvalue weighted by molar-refractivity contribution is 5.89. The highest BCUT2D eigenvalue weighted by atomic mass is 16.7. The quantitative estimate of drug-likeness (QED) is 0.0433. The van der Waals surface area contributed by atoms with Gasteiger partial charge >= 0.3 is 17.3 Å². The molecule has 0 bridgehead atoms. The summed E-state index contributed by atoms with van der Waals surface area (Å²) in [5.74, 6) is -2.97. The number of ether oxygens (including phenoxy) is 5. The van der Waals surface area contributed by atoms with Crippen LogP contribution >= 0.6 is 0 Å². The number of aliphatic hydroxyl groups excluding tert-OH is 7. The molecule has 3 aromatic carbocycles. The minimum absolute atomic E-state index is 0.00195. The Bertz CT molecular complexity index is 1980. The predicted molar refractivity (Wildman–Crippen MR) is 181 cm³/mol. The zero-order valence-corrected chi connectivity index (χ0v) is 27.9. The normalized spacial score (nSPS) is 28.6. The maximum absolute atomic E-state index is 12.4. The number of carbonyl (C=O) groups is 1. The molecule has 2 aliphatic heterocycles. The molecule has 0 saturated carbocycles. The molecule has 54 heavy (non-hydrogen) atoms. The Morgan fingerprint density at radius 1 is 0.685 bits per heavy atom. The lowest BCUT2D eigenvalue weighted by molar-refractivity contribution is -0.278. The third-order valence-electron chi connectivity index (χ3n) is 8.74. The summed E-state index contributed by atoms with van der Waals surface area (Å²) in [7, 11) is 0. The van der Waals surface area contributed by atoms with Gasteiger partial charge in [0.05, 0.1) is 18.2 Å². The third-order valence-corrected chi connectivity index (χ3v) is 8.74. The molecule has 18 nitrogen and oxygen atoms in total. The summed E-state index contributed by atoms with van der Waals surface area (Å²) in [6.45, 7) is -1.36. The van der Waals surface area contributed by atoms with Gasteiger partial charge in [-0.05, 0) is 35.9 Å². The zero-order chi connectivity index (χ0) is 38.8. The molecule has 2 saturated heterocycles. The molecule has 0 aliphatic carbocycles. The van der Waals surface area contributed by atoms with Gasteiger partial charge in [-0.15, -0.1) is 0 Å². The summed E-state index contributed by atoms with van der Waals surface area (Å²) >= 11 is 0. The van der Waals surface area contributed by atoms with E-state index in [0.717, 1.165) is 30.3 Å². The van der Waals surface area contributed by atoms with Crippen LogP contribution in [0.15, 0.2) is 71.2 Å². The summed E-state index contributed by atoms with van der Waals surface area (Å²) in [5.41, 5.74) is 0.562. The van der Waals surface area contributed by atoms with Crippen LogP contribution in [-0.4, -0.2) is 137 Å². The number of aliphatic hydroxyl groups is 7. The van der Waals surface area contributed by atoms with Gasteiger partial charge in [-0.3, -0.25) is 0 Å². The highest BCUT2D eigenvalue weighted by Crippen LogP contribution is 2.43. The SMILES string of the molecule is O=C(/C=C/c1ccc(O)cc1)OC[C@H]1O[C@@H](Oc2cc(O)cc3[o+]c(-c4ccc(O)c(O)c4)c(O[C@@H]4O[C@H](CO)[C@@H](O)[C@H](O)[C@H]4O)cc23)[C@H](O)[C@@H](O)[C@@H]1O. The Balaban J connectivity index is 1.30. The average molecular weight is 758 g/mol. The number of carbonyl (C=O) groups excluding carboxylic acids is 1. The summed E-state index contributed by atoms with van der Waals surface area (Å²) in [6.07, 6.45) is -14.6. The van der Waals surface area contributed by atoms with Crippen molar-refractivity contribution in [3.8, 4) is 45.8 Å². The van der Waals surface area contributed by atoms with Crippen molar-refractivity contribution in [1.82, 2.24) is 0 Å². The van der Waals surface area contributed by atoms with Gasteiger partial charge in [0.25, 0.3) is 0 Å². The van der Waals surface area contributed by atoms with Crippen LogP contribution in [0.5, 0.6) is 34.5 Å². The highest BCUT2D eigenvalue weighted by Gasteiger charge is 2.47. The van der Waals surface area contributed by atoms with Gasteiger partial charge in [0.1, 0.15) is 78.1 Å². The summed E-state index contributed by atoms with van der Waals surface area (Å²) < 4.78 is 34.2. The molecule has 0 spiro atoms. The first kappa shape index (κ1) is 38.4. The van der Waals surface area contributed by atoms with E-state index < -0.39 is 97.8 Å². The van der Waals surface area contributed by atoms with Gasteiger partial charge in [0.15, 0.2) is 11.5 Å². The van der Waals surface area contributed by atoms with E-state index >= 15 is 0 Å². The van der Waals surface area contributed by atoms with Gasteiger partial charge in [-0.1, -0.05) is 12.1 Å². The van der Waals surface area contributed by atoms with Crippen molar-refractivity contribution < 1.29 is 89.1 Å². The minimum atomic E-state index is -1.89. The lowest BCUT2D eigenvalue weighted by atomic mass is 9.99. The van der Waals surface area contributed by atoms with Crippen LogP contribution in [0.4, 0.5) is 0 Å². The Hall–Kier alpha value is -5.28. The van der Waals surface area contributed by atoms with Crippen molar-refractivity contribution in [1.29, 1.82) is 0 Å². The van der Waals surface area contributed by atoms with E-state index in [9.17, 15) is 61.0 Å². The van der Waals surface area contributed by atoms with Crippen molar-refractivity contribution in [3.63, 3.8) is 0 Å². The van der Waals surface area contributed by atoms with Crippen molar-refractivity contribution in [2.75, 3.05) is 13.2 Å². The third kappa shape index (κ3) is 8.11. The summed E-state index contributed by atoms with van der Waals surface area (Å²) in [6, 6.07) is 13.0. The van der Waals surface area contributed by atoms with Crippen LogP contribution in [0.25, 0.3) is 28.4 Å². The maximum atomic E-state index is 12.4. The first-order valence-corrected chi connectivity index (χ1v) is 16.4. The number of benzene rings is 3. The van der Waals surface area contributed by atoms with Crippen LogP contribution in [-0.2, 0) is 19.0 Å². The predicted octanol–water partition coefficient (Wildman–Crippen LogP) is -0.175. The van der Waals surface area contributed by atoms with Crippen LogP contribution < -0.4 is 9.47 Å². The number of hydrogen-bond donors (Lipinski definition) is 11. The van der Waals surface area contributed by atoms with Crippen LogP contribution in [0, 0.1) is 0 Å². The number of fused-ring (bicyclic) bond motifs is 1. The molecule has 3 heterocycles. The molecule has 0 radical (unpaired) electrons. The Morgan fingerprint density at radius 3 is 1.96 bits per heavy atom. The van der Waals surface area contributed by atoms with Crippen molar-refractivity contribution in [2.45, 2.75) is 61.4 Å². The number of phenolic OH excluding ortho intramolecular Hbond substituents is 4. The van der Waals surface area contributed by atoms with Gasteiger partial charge in [-0.25, -0.2) is 9.21 Å². The summed E-state index contributed by atoms with van der Waals surface area (Å²) in [4.78, 5) is 12.4. The van der Waals surface area contributed by atoms with E-state index in [4.69, 9.17) is 28.1 Å². The van der Waals surface area contributed by atoms with Crippen molar-refractivity contribution in [3.05, 3.63) is 72.3 Å². The molecule has 2 fully saturated rings. The molecule has 2 aliphatic rings. The minimum Gasteiger partial charge on any atom is -0.508 e. The summed E-state index contributed by atoms with van der Waals surface area (Å²) in [5, 5.41) is 113. The maximum Gasteiger partial charge on any atom is 0.402 e. The molecule has 18 heteroatoms. The second-order valence-electron chi connectivity index (χ2n) is 12.5. The monoisotopic (exact) mass is 757 g/mol. The molecule has 0 unspecified atom stereocenters. The largest absolute Gasteiger partial charge is 0.508 e. The molecule has 6 rings (SSSR count).